The average Bonchev–Trinajstić information content (AvgIpc) is 2.50. The quantitative estimate of drug-likeness (QED) is 0.761. The van der Waals surface area contributed by atoms with Gasteiger partial charge in [0.25, 0.3) is 17.4 Å². The number of carbonyl (C=O) groups is 2. The van der Waals surface area contributed by atoms with Gasteiger partial charge in [-0.05, 0) is 39.0 Å². The Labute approximate surface area is 126 Å². The molecular weight excluding hydrogens is 324 g/mol. The van der Waals surface area contributed by atoms with Crippen molar-refractivity contribution in [1.82, 2.24) is 5.32 Å². The predicted molar refractivity (Wildman–Crippen MR) is 79.3 cm³/mol. The molecule has 2 N–H and O–H groups in total. The number of hydrogen-bond donors (Lipinski definition) is 2. The second-order valence-corrected chi connectivity index (χ2v) is 6.86. The summed E-state index contributed by atoms with van der Waals surface area (Å²) < 4.78 is 0.696. The predicted octanol–water partition coefficient (Wildman–Crippen LogP) is 1.53. The van der Waals surface area contributed by atoms with Crippen LogP contribution in [0.25, 0.3) is 0 Å². The van der Waals surface area contributed by atoms with E-state index in [1.54, 1.807) is 39.0 Å². The Balaban J connectivity index is 2.54. The van der Waals surface area contributed by atoms with Crippen molar-refractivity contribution < 1.29 is 14.7 Å². The van der Waals surface area contributed by atoms with Crippen molar-refractivity contribution in [3.05, 3.63) is 28.2 Å². The molecule has 0 bridgehead atoms. The number of rotatable bonds is 1. The monoisotopic (exact) mass is 340 g/mol. The van der Waals surface area contributed by atoms with Crippen LogP contribution < -0.4 is 10.2 Å². The minimum absolute atomic E-state index is 0.293. The van der Waals surface area contributed by atoms with Crippen LogP contribution in [0.15, 0.2) is 22.7 Å². The molecule has 1 aromatic rings. The third kappa shape index (κ3) is 2.23. The van der Waals surface area contributed by atoms with E-state index >= 15 is 0 Å². The van der Waals surface area contributed by atoms with Crippen molar-refractivity contribution in [2.24, 2.45) is 0 Å². The number of hydrogen-bond acceptors (Lipinski definition) is 3. The van der Waals surface area contributed by atoms with E-state index in [4.69, 9.17) is 0 Å². The van der Waals surface area contributed by atoms with Crippen molar-refractivity contribution in [2.45, 2.75) is 31.9 Å². The molecule has 1 aromatic carbocycles. The molecule has 20 heavy (non-hydrogen) atoms. The van der Waals surface area contributed by atoms with Gasteiger partial charge in [0.1, 0.15) is 0 Å². The zero-order valence-corrected chi connectivity index (χ0v) is 13.4. The number of fused-ring (bicyclic) bond motifs is 1. The van der Waals surface area contributed by atoms with E-state index in [9.17, 15) is 14.7 Å². The third-order valence-corrected chi connectivity index (χ3v) is 3.63. The molecule has 108 valence electrons. The molecule has 0 saturated carbocycles. The zero-order valence-electron chi connectivity index (χ0n) is 11.8. The van der Waals surface area contributed by atoms with Gasteiger partial charge in [-0.15, -0.1) is 0 Å². The van der Waals surface area contributed by atoms with Crippen LogP contribution in [0.5, 0.6) is 0 Å². The molecule has 5 nitrogen and oxygen atoms in total. The summed E-state index contributed by atoms with van der Waals surface area (Å²) in [6.07, 6.45) is 0. The fraction of sp³-hybridized carbons (Fsp3) is 0.429. The first kappa shape index (κ1) is 15.0. The molecule has 0 fully saturated rings. The molecule has 0 aliphatic carbocycles. The topological polar surface area (TPSA) is 69.6 Å². The lowest BCUT2D eigenvalue weighted by Crippen LogP contribution is -2.55. The highest BCUT2D eigenvalue weighted by Crippen LogP contribution is 2.41. The summed E-state index contributed by atoms with van der Waals surface area (Å²) >= 11 is 3.29. The van der Waals surface area contributed by atoms with Gasteiger partial charge in [0.05, 0.1) is 5.69 Å². The Hall–Kier alpha value is -1.40. The van der Waals surface area contributed by atoms with E-state index in [0.717, 1.165) is 0 Å². The number of benzene rings is 1. The number of nitrogens with zero attached hydrogens (tertiary/aromatic N) is 1. The van der Waals surface area contributed by atoms with Gasteiger partial charge in [0.15, 0.2) is 0 Å². The average molecular weight is 341 g/mol. The fourth-order valence-electron chi connectivity index (χ4n) is 2.21. The van der Waals surface area contributed by atoms with Gasteiger partial charge in [-0.3, -0.25) is 9.59 Å². The van der Waals surface area contributed by atoms with Gasteiger partial charge in [0.2, 0.25) is 0 Å². The first-order chi connectivity index (χ1) is 9.07. The van der Waals surface area contributed by atoms with Crippen LogP contribution in [-0.4, -0.2) is 29.5 Å². The zero-order chi connectivity index (χ0) is 15.3. The van der Waals surface area contributed by atoms with Crippen molar-refractivity contribution in [3.63, 3.8) is 0 Å². The van der Waals surface area contributed by atoms with Crippen LogP contribution in [0.3, 0.4) is 0 Å². The maximum absolute atomic E-state index is 12.4. The lowest BCUT2D eigenvalue weighted by molar-refractivity contribution is -0.152. The molecule has 6 heteroatoms. The van der Waals surface area contributed by atoms with Crippen molar-refractivity contribution in [3.8, 4) is 0 Å². The summed E-state index contributed by atoms with van der Waals surface area (Å²) in [5, 5.41) is 13.4. The summed E-state index contributed by atoms with van der Waals surface area (Å²) in [4.78, 5) is 26.0. The van der Waals surface area contributed by atoms with E-state index in [1.165, 1.54) is 11.9 Å². The SMILES string of the molecule is CN1C(=O)C(O)(C(=O)NC(C)(C)C)c2cc(Br)ccc21. The van der Waals surface area contributed by atoms with Gasteiger partial charge in [-0.1, -0.05) is 15.9 Å². The Bertz CT molecular complexity index is 595. The minimum Gasteiger partial charge on any atom is -0.368 e. The second-order valence-electron chi connectivity index (χ2n) is 5.94. The summed E-state index contributed by atoms with van der Waals surface area (Å²) in [6, 6.07) is 5.05. The molecule has 1 aliphatic heterocycles. The van der Waals surface area contributed by atoms with Crippen LogP contribution in [0.2, 0.25) is 0 Å². The first-order valence-electron chi connectivity index (χ1n) is 6.20. The summed E-state index contributed by atoms with van der Waals surface area (Å²) in [5.41, 5.74) is -1.90. The van der Waals surface area contributed by atoms with Crippen LogP contribution in [0.1, 0.15) is 26.3 Å². The number of amides is 2. The third-order valence-electron chi connectivity index (χ3n) is 3.14. The summed E-state index contributed by atoms with van der Waals surface area (Å²) in [6.45, 7) is 5.37. The molecule has 1 atom stereocenters. The number of likely N-dealkylation sites (N-methyl/N-ethyl adjacent to an activating group) is 1. The number of carbonyl (C=O) groups excluding carboxylic acids is 2. The van der Waals surface area contributed by atoms with Gasteiger partial charge < -0.3 is 15.3 Å². The maximum atomic E-state index is 12.4. The summed E-state index contributed by atoms with van der Waals surface area (Å²) in [7, 11) is 1.54. The number of aliphatic hydroxyl groups is 1. The largest absolute Gasteiger partial charge is 0.368 e. The fourth-order valence-corrected chi connectivity index (χ4v) is 2.57. The summed E-state index contributed by atoms with van der Waals surface area (Å²) in [5.74, 6) is -1.36. The van der Waals surface area contributed by atoms with E-state index in [1.807, 2.05) is 0 Å². The standard InChI is InChI=1S/C14H17BrN2O3/c1-13(2,3)16-11(18)14(20)9-7-8(15)5-6-10(9)17(4)12(14)19/h5-7,20H,1-4H3,(H,16,18). The molecule has 0 aromatic heterocycles. The second kappa shape index (κ2) is 4.56. The van der Waals surface area contributed by atoms with Crippen molar-refractivity contribution in [2.75, 3.05) is 11.9 Å². The Kier molecular flexibility index (Phi) is 3.42. The van der Waals surface area contributed by atoms with Crippen LogP contribution in [-0.2, 0) is 15.2 Å². The molecule has 0 radical (unpaired) electrons. The van der Waals surface area contributed by atoms with Gasteiger partial charge in [0, 0.05) is 22.6 Å². The van der Waals surface area contributed by atoms with Crippen LogP contribution in [0.4, 0.5) is 5.69 Å². The first-order valence-corrected chi connectivity index (χ1v) is 7.00. The molecular formula is C14H17BrN2O3. The highest BCUT2D eigenvalue weighted by molar-refractivity contribution is 9.10. The highest BCUT2D eigenvalue weighted by Gasteiger charge is 2.55. The lowest BCUT2D eigenvalue weighted by Gasteiger charge is -2.27. The number of halogens is 1. The Morgan fingerprint density at radius 2 is 2.00 bits per heavy atom. The highest BCUT2D eigenvalue weighted by atomic mass is 79.9. The molecule has 1 heterocycles. The Morgan fingerprint density at radius 1 is 1.40 bits per heavy atom. The van der Waals surface area contributed by atoms with Gasteiger partial charge in [-0.2, -0.15) is 0 Å². The lowest BCUT2D eigenvalue weighted by atomic mass is 9.93. The maximum Gasteiger partial charge on any atom is 0.273 e. The van der Waals surface area contributed by atoms with Gasteiger partial charge >= 0.3 is 0 Å². The normalized spacial score (nSPS) is 21.9. The van der Waals surface area contributed by atoms with Crippen LogP contribution in [0, 0.1) is 0 Å². The van der Waals surface area contributed by atoms with Crippen LogP contribution >= 0.6 is 15.9 Å². The smallest absolute Gasteiger partial charge is 0.273 e. The molecule has 1 unspecified atom stereocenters. The molecule has 1 aliphatic rings. The van der Waals surface area contributed by atoms with Crippen molar-refractivity contribution >= 4 is 33.4 Å². The van der Waals surface area contributed by atoms with Gasteiger partial charge in [-0.25, -0.2) is 0 Å². The van der Waals surface area contributed by atoms with Crippen molar-refractivity contribution in [1.29, 1.82) is 0 Å². The molecule has 0 spiro atoms. The molecule has 2 amide bonds. The van der Waals surface area contributed by atoms with E-state index in [0.29, 0.717) is 15.7 Å². The number of nitrogens with one attached hydrogen (secondary N) is 1. The van der Waals surface area contributed by atoms with E-state index in [2.05, 4.69) is 21.2 Å². The molecule has 2 rings (SSSR count). The Morgan fingerprint density at radius 3 is 2.55 bits per heavy atom. The van der Waals surface area contributed by atoms with E-state index < -0.39 is 23.0 Å². The molecule has 0 saturated heterocycles. The van der Waals surface area contributed by atoms with E-state index in [-0.39, 0.29) is 0 Å². The number of anilines is 1. The minimum atomic E-state index is -2.18.